The van der Waals surface area contributed by atoms with Gasteiger partial charge in [-0.2, -0.15) is 0 Å². The zero-order valence-corrected chi connectivity index (χ0v) is 13.8. The van der Waals surface area contributed by atoms with Crippen LogP contribution < -0.4 is 9.64 Å². The van der Waals surface area contributed by atoms with Crippen molar-refractivity contribution in [1.29, 1.82) is 0 Å². The minimum atomic E-state index is 0.107. The molecule has 2 aromatic rings. The van der Waals surface area contributed by atoms with Gasteiger partial charge in [0, 0.05) is 38.3 Å². The maximum absolute atomic E-state index is 12.7. The van der Waals surface area contributed by atoms with Crippen molar-refractivity contribution in [1.82, 2.24) is 9.88 Å². The van der Waals surface area contributed by atoms with Crippen molar-refractivity contribution in [2.24, 2.45) is 11.8 Å². The maximum atomic E-state index is 12.7. The standard InChI is InChI=1S/C19H21N3O2/c1-24-17-6-2-4-14(8-17)10-21-11-15-12-22(19(23)18(15)13-21)16-5-3-7-20-9-16/h2-9,15,18H,10-13H2,1H3/t15-,18-/m0/s1. The number of hydrogen-bond acceptors (Lipinski definition) is 4. The van der Waals surface area contributed by atoms with Crippen molar-refractivity contribution < 1.29 is 9.53 Å². The van der Waals surface area contributed by atoms with E-state index in [1.54, 1.807) is 19.5 Å². The topological polar surface area (TPSA) is 45.7 Å². The van der Waals surface area contributed by atoms with Crippen LogP contribution in [0.1, 0.15) is 5.56 Å². The van der Waals surface area contributed by atoms with Gasteiger partial charge in [-0.15, -0.1) is 0 Å². The van der Waals surface area contributed by atoms with E-state index in [2.05, 4.69) is 22.0 Å². The Balaban J connectivity index is 1.42. The van der Waals surface area contributed by atoms with Crippen LogP contribution in [0.15, 0.2) is 48.8 Å². The van der Waals surface area contributed by atoms with Crippen molar-refractivity contribution in [3.63, 3.8) is 0 Å². The van der Waals surface area contributed by atoms with Gasteiger partial charge in [0.05, 0.1) is 24.9 Å². The Morgan fingerprint density at radius 3 is 2.88 bits per heavy atom. The third kappa shape index (κ3) is 2.76. The van der Waals surface area contributed by atoms with Crippen molar-refractivity contribution in [3.05, 3.63) is 54.4 Å². The molecule has 0 aliphatic carbocycles. The molecule has 1 amide bonds. The van der Waals surface area contributed by atoms with Gasteiger partial charge >= 0.3 is 0 Å². The number of rotatable bonds is 4. The Bertz CT molecular complexity index is 734. The number of carbonyl (C=O) groups excluding carboxylic acids is 1. The highest BCUT2D eigenvalue weighted by molar-refractivity contribution is 5.97. The van der Waals surface area contributed by atoms with Crippen LogP contribution in [0.25, 0.3) is 0 Å². The highest BCUT2D eigenvalue weighted by Gasteiger charge is 2.46. The van der Waals surface area contributed by atoms with E-state index in [4.69, 9.17) is 4.74 Å². The van der Waals surface area contributed by atoms with E-state index < -0.39 is 0 Å². The highest BCUT2D eigenvalue weighted by Crippen LogP contribution is 2.35. The number of fused-ring (bicyclic) bond motifs is 1. The fourth-order valence-corrected chi connectivity index (χ4v) is 3.85. The van der Waals surface area contributed by atoms with Crippen LogP contribution in [0, 0.1) is 11.8 Å². The largest absolute Gasteiger partial charge is 0.497 e. The van der Waals surface area contributed by atoms with Gasteiger partial charge in [-0.1, -0.05) is 12.1 Å². The van der Waals surface area contributed by atoms with Gasteiger partial charge in [0.1, 0.15) is 5.75 Å². The molecule has 2 saturated heterocycles. The summed E-state index contributed by atoms with van der Waals surface area (Å²) in [5.41, 5.74) is 2.14. The number of hydrogen-bond donors (Lipinski definition) is 0. The van der Waals surface area contributed by atoms with Crippen LogP contribution in [-0.2, 0) is 11.3 Å². The Labute approximate surface area is 141 Å². The average molecular weight is 323 g/mol. The molecule has 0 spiro atoms. The van der Waals surface area contributed by atoms with Gasteiger partial charge in [0.15, 0.2) is 0 Å². The van der Waals surface area contributed by atoms with E-state index >= 15 is 0 Å². The molecule has 1 aromatic heterocycles. The number of ether oxygens (including phenoxy) is 1. The Morgan fingerprint density at radius 1 is 1.21 bits per heavy atom. The van der Waals surface area contributed by atoms with E-state index in [1.165, 1.54) is 5.56 Å². The molecular formula is C19H21N3O2. The van der Waals surface area contributed by atoms with Gasteiger partial charge in [0.2, 0.25) is 5.91 Å². The summed E-state index contributed by atoms with van der Waals surface area (Å²) in [4.78, 5) is 21.1. The fraction of sp³-hybridized carbons (Fsp3) is 0.368. The number of anilines is 1. The van der Waals surface area contributed by atoms with Crippen LogP contribution in [0.3, 0.4) is 0 Å². The molecule has 0 N–H and O–H groups in total. The molecule has 5 nitrogen and oxygen atoms in total. The van der Waals surface area contributed by atoms with Crippen LogP contribution in [0.2, 0.25) is 0 Å². The summed E-state index contributed by atoms with van der Waals surface area (Å²) in [6.07, 6.45) is 3.51. The lowest BCUT2D eigenvalue weighted by Crippen LogP contribution is -2.32. The van der Waals surface area contributed by atoms with Crippen molar-refractivity contribution in [2.75, 3.05) is 31.6 Å². The first kappa shape index (κ1) is 15.1. The number of amides is 1. The van der Waals surface area contributed by atoms with Gasteiger partial charge in [-0.25, -0.2) is 0 Å². The van der Waals surface area contributed by atoms with E-state index in [9.17, 15) is 4.79 Å². The van der Waals surface area contributed by atoms with Crippen LogP contribution in [-0.4, -0.2) is 42.5 Å². The second-order valence-corrected chi connectivity index (χ2v) is 6.57. The molecule has 0 radical (unpaired) electrons. The van der Waals surface area contributed by atoms with Gasteiger partial charge in [-0.3, -0.25) is 14.7 Å². The third-order valence-corrected chi connectivity index (χ3v) is 5.01. The molecule has 2 aliphatic rings. The third-order valence-electron chi connectivity index (χ3n) is 5.01. The number of pyridine rings is 1. The number of aromatic nitrogens is 1. The monoisotopic (exact) mass is 323 g/mol. The molecule has 0 bridgehead atoms. The molecule has 3 heterocycles. The van der Waals surface area contributed by atoms with Crippen LogP contribution >= 0.6 is 0 Å². The Morgan fingerprint density at radius 2 is 2.12 bits per heavy atom. The molecule has 24 heavy (non-hydrogen) atoms. The second kappa shape index (κ2) is 6.24. The van der Waals surface area contributed by atoms with Crippen molar-refractivity contribution in [3.8, 4) is 5.75 Å². The summed E-state index contributed by atoms with van der Waals surface area (Å²) in [6, 6.07) is 12.0. The number of methoxy groups -OCH3 is 1. The summed E-state index contributed by atoms with van der Waals surface area (Å²) in [7, 11) is 1.69. The van der Waals surface area contributed by atoms with Gasteiger partial charge < -0.3 is 9.64 Å². The number of benzene rings is 1. The first-order valence-corrected chi connectivity index (χ1v) is 8.31. The minimum Gasteiger partial charge on any atom is -0.497 e. The lowest BCUT2D eigenvalue weighted by molar-refractivity contribution is -0.120. The van der Waals surface area contributed by atoms with E-state index in [0.29, 0.717) is 5.92 Å². The Hall–Kier alpha value is -2.40. The molecule has 4 rings (SSSR count). The number of likely N-dealkylation sites (tertiary alicyclic amines) is 1. The summed E-state index contributed by atoms with van der Waals surface area (Å²) in [5, 5.41) is 0. The molecule has 5 heteroatoms. The van der Waals surface area contributed by atoms with Crippen LogP contribution in [0.4, 0.5) is 5.69 Å². The molecule has 2 atom stereocenters. The molecule has 2 fully saturated rings. The summed E-state index contributed by atoms with van der Waals surface area (Å²) in [5.74, 6) is 1.63. The van der Waals surface area contributed by atoms with Crippen molar-refractivity contribution in [2.45, 2.75) is 6.54 Å². The molecular weight excluding hydrogens is 302 g/mol. The first-order chi connectivity index (χ1) is 11.7. The second-order valence-electron chi connectivity index (χ2n) is 6.57. The maximum Gasteiger partial charge on any atom is 0.231 e. The number of nitrogens with zero attached hydrogens (tertiary/aromatic N) is 3. The summed E-state index contributed by atoms with van der Waals surface area (Å²) in [6.45, 7) is 3.45. The lowest BCUT2D eigenvalue weighted by Gasteiger charge is -2.21. The minimum absolute atomic E-state index is 0.107. The first-order valence-electron chi connectivity index (χ1n) is 8.31. The van der Waals surface area contributed by atoms with Gasteiger partial charge in [-0.05, 0) is 29.8 Å². The fourth-order valence-electron chi connectivity index (χ4n) is 3.85. The average Bonchev–Trinajstić information content (AvgIpc) is 3.15. The van der Waals surface area contributed by atoms with E-state index in [-0.39, 0.29) is 11.8 Å². The van der Waals surface area contributed by atoms with E-state index in [0.717, 1.165) is 37.6 Å². The van der Waals surface area contributed by atoms with Crippen molar-refractivity contribution >= 4 is 11.6 Å². The predicted octanol–water partition coefficient (Wildman–Crippen LogP) is 2.18. The Kier molecular flexibility index (Phi) is 3.94. The normalized spacial score (nSPS) is 23.5. The predicted molar refractivity (Wildman–Crippen MR) is 91.8 cm³/mol. The SMILES string of the molecule is COc1cccc(CN2C[C@H]3CN(c4cccnc4)C(=O)[C@H]3C2)c1. The summed E-state index contributed by atoms with van der Waals surface area (Å²) < 4.78 is 5.29. The zero-order chi connectivity index (χ0) is 16.5. The smallest absolute Gasteiger partial charge is 0.231 e. The van der Waals surface area contributed by atoms with Gasteiger partial charge in [0.25, 0.3) is 0 Å². The zero-order valence-electron chi connectivity index (χ0n) is 13.8. The molecule has 124 valence electrons. The molecule has 2 aliphatic heterocycles. The molecule has 0 unspecified atom stereocenters. The van der Waals surface area contributed by atoms with Crippen LogP contribution in [0.5, 0.6) is 5.75 Å². The summed E-state index contributed by atoms with van der Waals surface area (Å²) >= 11 is 0. The van der Waals surface area contributed by atoms with E-state index in [1.807, 2.05) is 29.2 Å². The lowest BCUT2D eigenvalue weighted by atomic mass is 10.0. The quantitative estimate of drug-likeness (QED) is 0.865. The highest BCUT2D eigenvalue weighted by atomic mass is 16.5. The number of carbonyl (C=O) groups is 1. The molecule has 0 saturated carbocycles. The molecule has 1 aromatic carbocycles.